The lowest BCUT2D eigenvalue weighted by Gasteiger charge is -2.11. The molecule has 1 amide bonds. The summed E-state index contributed by atoms with van der Waals surface area (Å²) in [5.74, 6) is 0.212. The molecule has 1 aliphatic rings. The number of rotatable bonds is 5. The minimum absolute atomic E-state index is 0.0472. The first-order chi connectivity index (χ1) is 12.5. The Bertz CT molecular complexity index is 885. The first-order valence-corrected chi connectivity index (χ1v) is 9.16. The number of amidine groups is 1. The van der Waals surface area contributed by atoms with Crippen molar-refractivity contribution in [3.63, 3.8) is 0 Å². The Morgan fingerprint density at radius 1 is 1.31 bits per heavy atom. The van der Waals surface area contributed by atoms with Crippen molar-refractivity contribution in [2.75, 3.05) is 5.75 Å². The molecule has 1 saturated heterocycles. The van der Waals surface area contributed by atoms with E-state index in [1.807, 2.05) is 0 Å². The van der Waals surface area contributed by atoms with E-state index in [1.165, 1.54) is 30.1 Å². The highest BCUT2D eigenvalue weighted by Crippen LogP contribution is 2.25. The smallest absolute Gasteiger partial charge is 0.236 e. The zero-order chi connectivity index (χ0) is 18.5. The van der Waals surface area contributed by atoms with E-state index >= 15 is 0 Å². The maximum absolute atomic E-state index is 13.9. The van der Waals surface area contributed by atoms with Crippen LogP contribution in [-0.4, -0.2) is 23.0 Å². The summed E-state index contributed by atoms with van der Waals surface area (Å²) in [5, 5.41) is 11.6. The van der Waals surface area contributed by atoms with E-state index in [1.54, 1.807) is 24.3 Å². The van der Waals surface area contributed by atoms with E-state index in [9.17, 15) is 9.18 Å². The van der Waals surface area contributed by atoms with Crippen molar-refractivity contribution >= 4 is 52.3 Å². The van der Waals surface area contributed by atoms with Gasteiger partial charge in [0.25, 0.3) is 0 Å². The molecule has 1 fully saturated rings. The number of carbonyl (C=O) groups excluding carboxylic acids is 1. The number of benzene rings is 2. The third-order valence-corrected chi connectivity index (χ3v) is 4.79. The standard InChI is InChI=1S/C17H12Cl2FN3O2S/c18-11-4-5-15(25-8-12-13(19)2-1-3-14(12)20)10(6-11)7-21-23-17-22-16(24)9-26-17/h1-7H,8-9H2,(H,22,23,24). The largest absolute Gasteiger partial charge is 0.488 e. The quantitative estimate of drug-likeness (QED) is 0.590. The number of carbonyl (C=O) groups is 1. The van der Waals surface area contributed by atoms with Gasteiger partial charge in [0, 0.05) is 16.1 Å². The van der Waals surface area contributed by atoms with E-state index in [-0.39, 0.29) is 23.1 Å². The van der Waals surface area contributed by atoms with Crippen LogP contribution in [0.5, 0.6) is 5.75 Å². The zero-order valence-electron chi connectivity index (χ0n) is 13.2. The minimum atomic E-state index is -0.443. The van der Waals surface area contributed by atoms with Gasteiger partial charge in [0.2, 0.25) is 5.91 Å². The number of nitrogens with one attached hydrogen (secondary N) is 1. The molecule has 0 atom stereocenters. The van der Waals surface area contributed by atoms with Crippen molar-refractivity contribution in [3.05, 3.63) is 63.4 Å². The predicted molar refractivity (Wildman–Crippen MR) is 103 cm³/mol. The average molecular weight is 412 g/mol. The lowest BCUT2D eigenvalue weighted by Crippen LogP contribution is -2.19. The highest BCUT2D eigenvalue weighted by Gasteiger charge is 2.16. The van der Waals surface area contributed by atoms with Crippen LogP contribution < -0.4 is 10.1 Å². The third kappa shape index (κ3) is 4.75. The van der Waals surface area contributed by atoms with Crippen molar-refractivity contribution in [3.8, 4) is 5.75 Å². The van der Waals surface area contributed by atoms with Crippen LogP contribution in [-0.2, 0) is 11.4 Å². The number of hydrogen-bond acceptors (Lipinski definition) is 5. The molecule has 9 heteroatoms. The Balaban J connectivity index is 1.76. The average Bonchev–Trinajstić information content (AvgIpc) is 3.01. The number of hydrogen-bond donors (Lipinski definition) is 1. The number of thioether (sulfide) groups is 1. The summed E-state index contributed by atoms with van der Waals surface area (Å²) in [5.41, 5.74) is 0.820. The van der Waals surface area contributed by atoms with Crippen LogP contribution in [0.15, 0.2) is 46.6 Å². The topological polar surface area (TPSA) is 63.0 Å². The van der Waals surface area contributed by atoms with Gasteiger partial charge in [-0.15, -0.1) is 5.10 Å². The number of amides is 1. The van der Waals surface area contributed by atoms with Gasteiger partial charge >= 0.3 is 0 Å². The highest BCUT2D eigenvalue weighted by atomic mass is 35.5. The molecule has 134 valence electrons. The second-order valence-corrected chi connectivity index (χ2v) is 6.97. The number of halogens is 3. The minimum Gasteiger partial charge on any atom is -0.488 e. The SMILES string of the molecule is O=C1CSC(=NN=Cc2cc(Cl)ccc2OCc2c(F)cccc2Cl)N1. The van der Waals surface area contributed by atoms with Gasteiger partial charge in [0.05, 0.1) is 17.0 Å². The van der Waals surface area contributed by atoms with Gasteiger partial charge in [-0.25, -0.2) is 4.39 Å². The molecule has 1 aliphatic heterocycles. The zero-order valence-corrected chi connectivity index (χ0v) is 15.5. The molecular weight excluding hydrogens is 400 g/mol. The molecule has 0 spiro atoms. The van der Waals surface area contributed by atoms with Crippen LogP contribution in [0.4, 0.5) is 4.39 Å². The molecule has 1 N–H and O–H groups in total. The molecule has 26 heavy (non-hydrogen) atoms. The van der Waals surface area contributed by atoms with Gasteiger partial charge in [-0.1, -0.05) is 41.0 Å². The summed E-state index contributed by atoms with van der Waals surface area (Å²) < 4.78 is 19.5. The molecule has 0 unspecified atom stereocenters. The van der Waals surface area contributed by atoms with Crippen LogP contribution >= 0.6 is 35.0 Å². The van der Waals surface area contributed by atoms with Gasteiger partial charge in [0.15, 0.2) is 5.17 Å². The molecule has 2 aromatic carbocycles. The second kappa shape index (κ2) is 8.53. The molecule has 0 radical (unpaired) electrons. The first kappa shape index (κ1) is 18.7. The van der Waals surface area contributed by atoms with Crippen LogP contribution in [0.1, 0.15) is 11.1 Å². The highest BCUT2D eigenvalue weighted by molar-refractivity contribution is 8.15. The van der Waals surface area contributed by atoms with Crippen molar-refractivity contribution in [1.29, 1.82) is 0 Å². The van der Waals surface area contributed by atoms with Gasteiger partial charge in [-0.2, -0.15) is 5.10 Å². The van der Waals surface area contributed by atoms with Gasteiger partial charge in [0.1, 0.15) is 18.2 Å². The lowest BCUT2D eigenvalue weighted by molar-refractivity contribution is -0.116. The fraction of sp³-hybridized carbons (Fsp3) is 0.118. The van der Waals surface area contributed by atoms with Crippen LogP contribution in [0, 0.1) is 5.82 Å². The molecule has 0 bridgehead atoms. The summed E-state index contributed by atoms with van der Waals surface area (Å²) in [4.78, 5) is 11.1. The molecule has 1 heterocycles. The van der Waals surface area contributed by atoms with Crippen LogP contribution in [0.25, 0.3) is 0 Å². The summed E-state index contributed by atoms with van der Waals surface area (Å²) in [7, 11) is 0. The van der Waals surface area contributed by atoms with Crippen LogP contribution in [0.2, 0.25) is 10.0 Å². The third-order valence-electron chi connectivity index (χ3n) is 3.34. The predicted octanol–water partition coefficient (Wildman–Crippen LogP) is 4.26. The normalized spacial score (nSPS) is 15.7. The maximum Gasteiger partial charge on any atom is 0.236 e. The Kier molecular flexibility index (Phi) is 6.13. The fourth-order valence-corrected chi connectivity index (χ4v) is 3.12. The van der Waals surface area contributed by atoms with Crippen molar-refractivity contribution in [2.45, 2.75) is 6.61 Å². The Morgan fingerprint density at radius 2 is 2.15 bits per heavy atom. The number of nitrogens with zero attached hydrogens (tertiary/aromatic N) is 2. The lowest BCUT2D eigenvalue weighted by atomic mass is 10.2. The van der Waals surface area contributed by atoms with E-state index in [0.29, 0.717) is 27.3 Å². The Labute approximate surface area is 163 Å². The van der Waals surface area contributed by atoms with E-state index in [2.05, 4.69) is 15.5 Å². The van der Waals surface area contributed by atoms with Gasteiger partial charge in [-0.05, 0) is 30.3 Å². The fourth-order valence-electron chi connectivity index (χ4n) is 2.09. The molecule has 3 rings (SSSR count). The van der Waals surface area contributed by atoms with E-state index < -0.39 is 5.82 Å². The second-order valence-electron chi connectivity index (χ2n) is 5.16. The van der Waals surface area contributed by atoms with Crippen molar-refractivity contribution in [2.24, 2.45) is 10.2 Å². The summed E-state index contributed by atoms with van der Waals surface area (Å²) >= 11 is 13.3. The summed E-state index contributed by atoms with van der Waals surface area (Å²) in [6.07, 6.45) is 1.45. The molecule has 2 aromatic rings. The van der Waals surface area contributed by atoms with Gasteiger partial charge in [-0.3, -0.25) is 4.79 Å². The van der Waals surface area contributed by atoms with Gasteiger partial charge < -0.3 is 10.1 Å². The Hall–Kier alpha value is -2.09. The van der Waals surface area contributed by atoms with Crippen molar-refractivity contribution < 1.29 is 13.9 Å². The first-order valence-electron chi connectivity index (χ1n) is 7.42. The molecule has 0 aliphatic carbocycles. The molecule has 5 nitrogen and oxygen atoms in total. The maximum atomic E-state index is 13.9. The van der Waals surface area contributed by atoms with Crippen LogP contribution in [0.3, 0.4) is 0 Å². The summed E-state index contributed by atoms with van der Waals surface area (Å²) in [6.45, 7) is -0.0472. The van der Waals surface area contributed by atoms with Crippen molar-refractivity contribution in [1.82, 2.24) is 5.32 Å². The molecular formula is C17H12Cl2FN3O2S. The monoisotopic (exact) mass is 411 g/mol. The van der Waals surface area contributed by atoms with E-state index in [0.717, 1.165) is 0 Å². The number of ether oxygens (including phenoxy) is 1. The Morgan fingerprint density at radius 3 is 2.88 bits per heavy atom. The van der Waals surface area contributed by atoms with E-state index in [4.69, 9.17) is 27.9 Å². The summed E-state index contributed by atoms with van der Waals surface area (Å²) in [6, 6.07) is 9.38. The molecule has 0 saturated carbocycles. The molecule has 0 aromatic heterocycles.